The van der Waals surface area contributed by atoms with Crippen molar-refractivity contribution in [3.8, 4) is 11.4 Å². The Kier molecular flexibility index (Phi) is 4.55. The van der Waals surface area contributed by atoms with Crippen molar-refractivity contribution >= 4 is 5.69 Å². The molecule has 3 aromatic rings. The summed E-state index contributed by atoms with van der Waals surface area (Å²) in [4.78, 5) is 13.2. The lowest BCUT2D eigenvalue weighted by atomic mass is 10.1. The summed E-state index contributed by atoms with van der Waals surface area (Å²) in [6.07, 6.45) is 1.77. The van der Waals surface area contributed by atoms with Crippen LogP contribution in [0.3, 0.4) is 0 Å². The van der Waals surface area contributed by atoms with Crippen molar-refractivity contribution in [2.75, 3.05) is 5.32 Å². The lowest BCUT2D eigenvalue weighted by molar-refractivity contribution is 0.361. The molecule has 0 aliphatic carbocycles. The van der Waals surface area contributed by atoms with Gasteiger partial charge in [0.05, 0.1) is 0 Å². The SMILES string of the molecule is Cc1ccnc(-c2ccc(NC(C)c3nc(C(C)C)no3)cc2)n1. The Labute approximate surface area is 141 Å². The molecule has 6 heteroatoms. The first-order valence-electron chi connectivity index (χ1n) is 8.03. The molecule has 0 fully saturated rings. The monoisotopic (exact) mass is 323 g/mol. The van der Waals surface area contributed by atoms with E-state index >= 15 is 0 Å². The number of hydrogen-bond donors (Lipinski definition) is 1. The lowest BCUT2D eigenvalue weighted by Crippen LogP contribution is -2.07. The molecule has 2 heterocycles. The summed E-state index contributed by atoms with van der Waals surface area (Å²) in [6.45, 7) is 8.03. The van der Waals surface area contributed by atoms with Crippen molar-refractivity contribution < 1.29 is 4.52 Å². The van der Waals surface area contributed by atoms with Crippen molar-refractivity contribution in [2.45, 2.75) is 39.7 Å². The van der Waals surface area contributed by atoms with Gasteiger partial charge in [0, 0.05) is 29.1 Å². The Hall–Kier alpha value is -2.76. The second-order valence-corrected chi connectivity index (χ2v) is 6.11. The quantitative estimate of drug-likeness (QED) is 0.760. The van der Waals surface area contributed by atoms with Gasteiger partial charge in [-0.25, -0.2) is 9.97 Å². The number of rotatable bonds is 5. The Morgan fingerprint density at radius 2 is 1.75 bits per heavy atom. The number of nitrogens with one attached hydrogen (secondary N) is 1. The van der Waals surface area contributed by atoms with Gasteiger partial charge in [0.2, 0.25) is 5.89 Å². The fourth-order valence-electron chi connectivity index (χ4n) is 2.27. The average molecular weight is 323 g/mol. The highest BCUT2D eigenvalue weighted by atomic mass is 16.5. The molecule has 0 saturated heterocycles. The summed E-state index contributed by atoms with van der Waals surface area (Å²) in [5, 5.41) is 7.36. The predicted octanol–water partition coefficient (Wildman–Crippen LogP) is 4.13. The van der Waals surface area contributed by atoms with Crippen LogP contribution in [0.4, 0.5) is 5.69 Å². The number of aromatic nitrogens is 4. The van der Waals surface area contributed by atoms with Crippen molar-refractivity contribution in [1.29, 1.82) is 0 Å². The predicted molar refractivity (Wildman–Crippen MR) is 92.6 cm³/mol. The molecule has 124 valence electrons. The highest BCUT2D eigenvalue weighted by Crippen LogP contribution is 2.22. The number of aryl methyl sites for hydroxylation is 1. The molecular weight excluding hydrogens is 302 g/mol. The normalized spacial score (nSPS) is 12.4. The van der Waals surface area contributed by atoms with E-state index in [0.717, 1.165) is 28.6 Å². The summed E-state index contributed by atoms with van der Waals surface area (Å²) < 4.78 is 5.32. The van der Waals surface area contributed by atoms with Crippen LogP contribution in [-0.2, 0) is 0 Å². The van der Waals surface area contributed by atoms with Crippen molar-refractivity contribution in [2.24, 2.45) is 0 Å². The van der Waals surface area contributed by atoms with E-state index in [-0.39, 0.29) is 12.0 Å². The zero-order valence-corrected chi connectivity index (χ0v) is 14.3. The minimum Gasteiger partial charge on any atom is -0.374 e. The summed E-state index contributed by atoms with van der Waals surface area (Å²) in [7, 11) is 0. The van der Waals surface area contributed by atoms with Gasteiger partial charge in [-0.15, -0.1) is 0 Å². The second kappa shape index (κ2) is 6.78. The Bertz CT molecular complexity index is 810. The molecule has 0 spiro atoms. The van der Waals surface area contributed by atoms with Gasteiger partial charge in [-0.2, -0.15) is 4.98 Å². The third kappa shape index (κ3) is 3.59. The van der Waals surface area contributed by atoms with E-state index in [0.29, 0.717) is 5.89 Å². The molecular formula is C18H21N5O. The summed E-state index contributed by atoms with van der Waals surface area (Å²) in [5.41, 5.74) is 2.91. The van der Waals surface area contributed by atoms with Gasteiger partial charge in [0.25, 0.3) is 0 Å². The molecule has 1 unspecified atom stereocenters. The maximum atomic E-state index is 5.32. The number of anilines is 1. The molecule has 0 bridgehead atoms. The van der Waals surface area contributed by atoms with Gasteiger partial charge in [0.1, 0.15) is 6.04 Å². The largest absolute Gasteiger partial charge is 0.374 e. The van der Waals surface area contributed by atoms with Crippen LogP contribution in [0.25, 0.3) is 11.4 Å². The molecule has 2 aromatic heterocycles. The van der Waals surface area contributed by atoms with Gasteiger partial charge in [0.15, 0.2) is 11.6 Å². The van der Waals surface area contributed by atoms with Crippen LogP contribution in [-0.4, -0.2) is 20.1 Å². The molecule has 0 saturated carbocycles. The molecule has 0 aliphatic heterocycles. The molecule has 0 aliphatic rings. The topological polar surface area (TPSA) is 76.7 Å². The number of nitrogens with zero attached hydrogens (tertiary/aromatic N) is 4. The van der Waals surface area contributed by atoms with E-state index in [1.165, 1.54) is 0 Å². The highest BCUT2D eigenvalue weighted by molar-refractivity contribution is 5.59. The van der Waals surface area contributed by atoms with E-state index in [9.17, 15) is 0 Å². The molecule has 1 atom stereocenters. The van der Waals surface area contributed by atoms with E-state index in [4.69, 9.17) is 4.52 Å². The molecule has 0 radical (unpaired) electrons. The minimum absolute atomic E-state index is 0.0638. The van der Waals surface area contributed by atoms with Crippen LogP contribution in [0.5, 0.6) is 0 Å². The van der Waals surface area contributed by atoms with Gasteiger partial charge in [-0.05, 0) is 44.2 Å². The number of hydrogen-bond acceptors (Lipinski definition) is 6. The first kappa shape index (κ1) is 16.1. The third-order valence-corrected chi connectivity index (χ3v) is 3.67. The molecule has 3 rings (SSSR count). The zero-order chi connectivity index (χ0) is 17.1. The Balaban J connectivity index is 1.71. The lowest BCUT2D eigenvalue weighted by Gasteiger charge is -2.11. The van der Waals surface area contributed by atoms with Gasteiger partial charge in [-0.1, -0.05) is 19.0 Å². The minimum atomic E-state index is -0.0638. The van der Waals surface area contributed by atoms with E-state index in [1.54, 1.807) is 6.20 Å². The molecule has 1 N–H and O–H groups in total. The third-order valence-electron chi connectivity index (χ3n) is 3.67. The van der Waals surface area contributed by atoms with Gasteiger partial charge >= 0.3 is 0 Å². The van der Waals surface area contributed by atoms with Crippen LogP contribution >= 0.6 is 0 Å². The van der Waals surface area contributed by atoms with E-state index in [2.05, 4.69) is 25.4 Å². The zero-order valence-electron chi connectivity index (χ0n) is 14.3. The smallest absolute Gasteiger partial charge is 0.248 e. The Morgan fingerprint density at radius 1 is 1.00 bits per heavy atom. The number of benzene rings is 1. The van der Waals surface area contributed by atoms with Crippen molar-refractivity contribution in [3.63, 3.8) is 0 Å². The van der Waals surface area contributed by atoms with Crippen LogP contribution in [0, 0.1) is 6.92 Å². The standard InChI is InChI=1S/C18H21N5O/c1-11(2)16-22-18(24-23-16)13(4)21-15-7-5-14(6-8-15)17-19-10-9-12(3)20-17/h5-11,13,21H,1-4H3. The summed E-state index contributed by atoms with van der Waals surface area (Å²) >= 11 is 0. The second-order valence-electron chi connectivity index (χ2n) is 6.11. The fraction of sp³-hybridized carbons (Fsp3) is 0.333. The highest BCUT2D eigenvalue weighted by Gasteiger charge is 2.15. The van der Waals surface area contributed by atoms with Crippen LogP contribution in [0.15, 0.2) is 41.1 Å². The van der Waals surface area contributed by atoms with Gasteiger partial charge in [-0.3, -0.25) is 0 Å². The van der Waals surface area contributed by atoms with E-state index in [1.807, 2.05) is 58.0 Å². The molecule has 6 nitrogen and oxygen atoms in total. The van der Waals surface area contributed by atoms with Crippen molar-refractivity contribution in [1.82, 2.24) is 20.1 Å². The molecule has 1 aromatic carbocycles. The van der Waals surface area contributed by atoms with Crippen molar-refractivity contribution in [3.05, 3.63) is 53.9 Å². The summed E-state index contributed by atoms with van der Waals surface area (Å²) in [6, 6.07) is 9.81. The summed E-state index contributed by atoms with van der Waals surface area (Å²) in [5.74, 6) is 2.30. The van der Waals surface area contributed by atoms with E-state index < -0.39 is 0 Å². The molecule has 0 amide bonds. The van der Waals surface area contributed by atoms with Crippen LogP contribution < -0.4 is 5.32 Å². The average Bonchev–Trinajstić information content (AvgIpc) is 3.06. The van der Waals surface area contributed by atoms with Crippen LogP contribution in [0.2, 0.25) is 0 Å². The maximum Gasteiger partial charge on any atom is 0.248 e. The van der Waals surface area contributed by atoms with Crippen LogP contribution in [0.1, 0.15) is 50.1 Å². The van der Waals surface area contributed by atoms with Gasteiger partial charge < -0.3 is 9.84 Å². The first-order valence-corrected chi connectivity index (χ1v) is 8.03. The first-order chi connectivity index (χ1) is 11.5. The maximum absolute atomic E-state index is 5.32. The molecule has 24 heavy (non-hydrogen) atoms. The Morgan fingerprint density at radius 3 is 2.38 bits per heavy atom. The fourth-order valence-corrected chi connectivity index (χ4v) is 2.27.